The Morgan fingerprint density at radius 1 is 1.19 bits per heavy atom. The van der Waals surface area contributed by atoms with E-state index in [2.05, 4.69) is 15.4 Å². The lowest BCUT2D eigenvalue weighted by atomic mass is 10.1. The topological polar surface area (TPSA) is 124 Å². The summed E-state index contributed by atoms with van der Waals surface area (Å²) in [4.78, 5) is 45.8. The molecule has 0 radical (unpaired) electrons. The van der Waals surface area contributed by atoms with Crippen LogP contribution >= 0.6 is 0 Å². The monoisotopic (exact) mass is 374 g/mol. The Bertz CT molecular complexity index is 840. The van der Waals surface area contributed by atoms with E-state index in [1.807, 2.05) is 6.07 Å². The van der Waals surface area contributed by atoms with Gasteiger partial charge in [0.25, 0.3) is 5.91 Å². The SMILES string of the molecule is O=C(COC(=O)c1cc2ccccc2o1)NCCCC[C@@H]1NC(=O)OC1=O. The Kier molecular flexibility index (Phi) is 5.70. The Labute approximate surface area is 154 Å². The van der Waals surface area contributed by atoms with E-state index in [1.54, 1.807) is 24.3 Å². The maximum Gasteiger partial charge on any atom is 0.415 e. The van der Waals surface area contributed by atoms with Crippen molar-refractivity contribution in [1.82, 2.24) is 10.6 Å². The molecule has 0 bridgehead atoms. The van der Waals surface area contributed by atoms with Crippen molar-refractivity contribution in [1.29, 1.82) is 0 Å². The average molecular weight is 374 g/mol. The molecule has 1 aromatic carbocycles. The maximum absolute atomic E-state index is 11.9. The van der Waals surface area contributed by atoms with Gasteiger partial charge in [-0.15, -0.1) is 0 Å². The first kappa shape index (κ1) is 18.4. The van der Waals surface area contributed by atoms with Crippen molar-refractivity contribution in [2.45, 2.75) is 25.3 Å². The number of para-hydroxylation sites is 1. The van der Waals surface area contributed by atoms with Gasteiger partial charge < -0.3 is 24.5 Å². The number of benzene rings is 1. The van der Waals surface area contributed by atoms with Gasteiger partial charge in [0.2, 0.25) is 5.76 Å². The molecule has 1 aliphatic rings. The number of rotatable bonds is 8. The van der Waals surface area contributed by atoms with Gasteiger partial charge in [-0.1, -0.05) is 18.2 Å². The number of ether oxygens (including phenoxy) is 2. The normalized spacial score (nSPS) is 16.1. The highest BCUT2D eigenvalue weighted by molar-refractivity contribution is 5.95. The van der Waals surface area contributed by atoms with Gasteiger partial charge in [-0.2, -0.15) is 0 Å². The molecule has 9 nitrogen and oxygen atoms in total. The van der Waals surface area contributed by atoms with Gasteiger partial charge in [-0.05, 0) is 31.4 Å². The van der Waals surface area contributed by atoms with Gasteiger partial charge in [0.1, 0.15) is 11.6 Å². The highest BCUT2D eigenvalue weighted by Crippen LogP contribution is 2.19. The first-order valence-corrected chi connectivity index (χ1v) is 8.47. The fraction of sp³-hybridized carbons (Fsp3) is 0.333. The van der Waals surface area contributed by atoms with Crippen molar-refractivity contribution >= 4 is 34.9 Å². The highest BCUT2D eigenvalue weighted by Gasteiger charge is 2.31. The molecular weight excluding hydrogens is 356 g/mol. The van der Waals surface area contributed by atoms with Crippen LogP contribution in [0.3, 0.4) is 0 Å². The summed E-state index contributed by atoms with van der Waals surface area (Å²) in [5.74, 6) is -1.69. The maximum atomic E-state index is 11.9. The molecule has 1 atom stereocenters. The molecule has 1 aromatic heterocycles. The zero-order valence-electron chi connectivity index (χ0n) is 14.4. The first-order chi connectivity index (χ1) is 13.0. The van der Waals surface area contributed by atoms with Crippen LogP contribution < -0.4 is 10.6 Å². The molecule has 0 saturated carbocycles. The molecule has 2 aromatic rings. The van der Waals surface area contributed by atoms with Crippen LogP contribution in [0.25, 0.3) is 11.0 Å². The smallest absolute Gasteiger partial charge is 0.415 e. The summed E-state index contributed by atoms with van der Waals surface area (Å²) in [6, 6.07) is 8.08. The molecule has 1 saturated heterocycles. The zero-order valence-corrected chi connectivity index (χ0v) is 14.4. The lowest BCUT2D eigenvalue weighted by molar-refractivity contribution is -0.135. The highest BCUT2D eigenvalue weighted by atomic mass is 16.6. The van der Waals surface area contributed by atoms with Crippen LogP contribution in [0.4, 0.5) is 4.79 Å². The molecule has 0 spiro atoms. The van der Waals surface area contributed by atoms with Crippen LogP contribution in [0.15, 0.2) is 34.7 Å². The standard InChI is InChI=1S/C18H18N2O7/c21-15(19-8-4-3-6-12-16(22)27-18(24)20-12)10-25-17(23)14-9-11-5-1-2-7-13(11)26-14/h1-2,5,7,9,12H,3-4,6,8,10H2,(H,19,21)(H,20,24)/t12-/m0/s1. The van der Waals surface area contributed by atoms with E-state index in [0.29, 0.717) is 31.4 Å². The number of amides is 2. The average Bonchev–Trinajstić information content (AvgIpc) is 3.22. The van der Waals surface area contributed by atoms with Crippen LogP contribution in [0.5, 0.6) is 0 Å². The predicted octanol–water partition coefficient (Wildman–Crippen LogP) is 1.51. The minimum Gasteiger partial charge on any atom is -0.450 e. The summed E-state index contributed by atoms with van der Waals surface area (Å²) in [7, 11) is 0. The van der Waals surface area contributed by atoms with Crippen LogP contribution in [0.2, 0.25) is 0 Å². The predicted molar refractivity (Wildman–Crippen MR) is 91.8 cm³/mol. The number of alkyl carbamates (subject to hydrolysis) is 1. The number of unbranched alkanes of at least 4 members (excludes halogenated alkanes) is 1. The van der Waals surface area contributed by atoms with Crippen molar-refractivity contribution in [3.8, 4) is 0 Å². The summed E-state index contributed by atoms with van der Waals surface area (Å²) in [6.07, 6.45) is 0.910. The second-order valence-corrected chi connectivity index (χ2v) is 5.98. The van der Waals surface area contributed by atoms with Crippen molar-refractivity contribution in [3.05, 3.63) is 36.1 Å². The number of esters is 2. The third kappa shape index (κ3) is 4.84. The van der Waals surface area contributed by atoms with Crippen molar-refractivity contribution in [3.63, 3.8) is 0 Å². The third-order valence-corrected chi connectivity index (χ3v) is 3.97. The van der Waals surface area contributed by atoms with E-state index >= 15 is 0 Å². The summed E-state index contributed by atoms with van der Waals surface area (Å²) in [5.41, 5.74) is 0.566. The number of hydrogen-bond donors (Lipinski definition) is 2. The molecule has 2 N–H and O–H groups in total. The second-order valence-electron chi connectivity index (χ2n) is 5.98. The summed E-state index contributed by atoms with van der Waals surface area (Å²) in [6.45, 7) is -0.0579. The van der Waals surface area contributed by atoms with Crippen LogP contribution in [-0.4, -0.2) is 43.1 Å². The molecule has 1 aliphatic heterocycles. The Balaban J connectivity index is 1.32. The molecule has 2 amide bonds. The van der Waals surface area contributed by atoms with Crippen molar-refractivity contribution in [2.75, 3.05) is 13.2 Å². The van der Waals surface area contributed by atoms with E-state index in [1.165, 1.54) is 0 Å². The van der Waals surface area contributed by atoms with Crippen molar-refractivity contribution in [2.24, 2.45) is 0 Å². The molecule has 1 fully saturated rings. The van der Waals surface area contributed by atoms with Crippen LogP contribution in [0, 0.1) is 0 Å². The van der Waals surface area contributed by atoms with Crippen LogP contribution in [-0.2, 0) is 19.1 Å². The molecular formula is C18H18N2O7. The van der Waals surface area contributed by atoms with E-state index in [0.717, 1.165) is 5.39 Å². The molecule has 9 heteroatoms. The van der Waals surface area contributed by atoms with Gasteiger partial charge >= 0.3 is 18.0 Å². The number of carbonyl (C=O) groups excluding carboxylic acids is 4. The van der Waals surface area contributed by atoms with E-state index in [4.69, 9.17) is 9.15 Å². The van der Waals surface area contributed by atoms with E-state index < -0.39 is 36.6 Å². The number of hydrogen-bond acceptors (Lipinski definition) is 7. The minimum atomic E-state index is -0.732. The fourth-order valence-electron chi connectivity index (χ4n) is 2.62. The lowest BCUT2D eigenvalue weighted by Gasteiger charge is -2.07. The number of nitrogens with one attached hydrogen (secondary N) is 2. The third-order valence-electron chi connectivity index (χ3n) is 3.97. The van der Waals surface area contributed by atoms with Gasteiger partial charge in [0.05, 0.1) is 0 Å². The molecule has 0 aliphatic carbocycles. The summed E-state index contributed by atoms with van der Waals surface area (Å²) in [5, 5.41) is 5.78. The number of fused-ring (bicyclic) bond motifs is 1. The summed E-state index contributed by atoms with van der Waals surface area (Å²) >= 11 is 0. The molecule has 2 heterocycles. The van der Waals surface area contributed by atoms with E-state index in [-0.39, 0.29) is 5.76 Å². The van der Waals surface area contributed by atoms with E-state index in [9.17, 15) is 19.2 Å². The van der Waals surface area contributed by atoms with Crippen LogP contribution in [0.1, 0.15) is 29.8 Å². The van der Waals surface area contributed by atoms with Gasteiger partial charge in [0, 0.05) is 11.9 Å². The lowest BCUT2D eigenvalue weighted by Crippen LogP contribution is -2.31. The Morgan fingerprint density at radius 3 is 2.74 bits per heavy atom. The molecule has 142 valence electrons. The Morgan fingerprint density at radius 2 is 2.00 bits per heavy atom. The van der Waals surface area contributed by atoms with Gasteiger partial charge in [0.15, 0.2) is 6.61 Å². The largest absolute Gasteiger partial charge is 0.450 e. The molecule has 3 rings (SSSR count). The Hall–Kier alpha value is -3.36. The van der Waals surface area contributed by atoms with Gasteiger partial charge in [-0.3, -0.25) is 4.79 Å². The summed E-state index contributed by atoms with van der Waals surface area (Å²) < 4.78 is 14.7. The first-order valence-electron chi connectivity index (χ1n) is 8.47. The molecule has 27 heavy (non-hydrogen) atoms. The molecule has 0 unspecified atom stereocenters. The van der Waals surface area contributed by atoms with Crippen molar-refractivity contribution < 1.29 is 33.1 Å². The second kappa shape index (κ2) is 8.35. The fourth-order valence-corrected chi connectivity index (χ4v) is 2.62. The number of furan rings is 1. The minimum absolute atomic E-state index is 0.0366. The number of cyclic esters (lactones) is 2. The zero-order chi connectivity index (χ0) is 19.2. The number of carbonyl (C=O) groups is 4. The quantitative estimate of drug-likeness (QED) is 0.408. The van der Waals surface area contributed by atoms with Gasteiger partial charge in [-0.25, -0.2) is 14.4 Å².